The minimum atomic E-state index is -1.55. The SMILES string of the molecule is N=C(N)NCC(C[C@H](N)C(=O)O)(C(=O)C1CCCCC1)C(=O)C1CCCCC1. The Morgan fingerprint density at radius 3 is 1.75 bits per heavy atom. The maximum absolute atomic E-state index is 13.7. The van der Waals surface area contributed by atoms with Crippen LogP contribution in [0.4, 0.5) is 0 Å². The van der Waals surface area contributed by atoms with E-state index < -0.39 is 17.4 Å². The predicted molar refractivity (Wildman–Crippen MR) is 106 cm³/mol. The Bertz CT molecular complexity index is 565. The lowest BCUT2D eigenvalue weighted by Crippen LogP contribution is -2.57. The van der Waals surface area contributed by atoms with Crippen molar-refractivity contribution in [2.24, 2.45) is 28.7 Å². The van der Waals surface area contributed by atoms with Gasteiger partial charge in [0.1, 0.15) is 11.5 Å². The second-order valence-electron chi connectivity index (χ2n) is 8.40. The first-order chi connectivity index (χ1) is 13.3. The molecule has 0 unspecified atom stereocenters. The number of carbonyl (C=O) groups excluding carboxylic acids is 2. The molecule has 0 heterocycles. The number of hydrogen-bond donors (Lipinski definition) is 5. The second kappa shape index (κ2) is 10.0. The van der Waals surface area contributed by atoms with Gasteiger partial charge in [0.2, 0.25) is 0 Å². The highest BCUT2D eigenvalue weighted by Crippen LogP contribution is 2.40. The average molecular weight is 395 g/mol. The smallest absolute Gasteiger partial charge is 0.320 e. The van der Waals surface area contributed by atoms with Gasteiger partial charge in [-0.3, -0.25) is 19.8 Å². The average Bonchev–Trinajstić information content (AvgIpc) is 2.71. The molecule has 2 fully saturated rings. The number of hydrogen-bond acceptors (Lipinski definition) is 5. The Morgan fingerprint density at radius 2 is 1.39 bits per heavy atom. The summed E-state index contributed by atoms with van der Waals surface area (Å²) >= 11 is 0. The van der Waals surface area contributed by atoms with Crippen LogP contribution in [0.25, 0.3) is 0 Å². The lowest BCUT2D eigenvalue weighted by molar-refractivity contribution is -0.149. The number of ketones is 2. The molecule has 0 saturated heterocycles. The van der Waals surface area contributed by atoms with Crippen molar-refractivity contribution >= 4 is 23.5 Å². The number of carbonyl (C=O) groups is 3. The lowest BCUT2D eigenvalue weighted by Gasteiger charge is -2.39. The first-order valence-electron chi connectivity index (χ1n) is 10.4. The van der Waals surface area contributed by atoms with Gasteiger partial charge in [-0.25, -0.2) is 0 Å². The third-order valence-corrected chi connectivity index (χ3v) is 6.36. The van der Waals surface area contributed by atoms with Gasteiger partial charge in [-0.05, 0) is 32.1 Å². The Labute approximate surface area is 166 Å². The summed E-state index contributed by atoms with van der Waals surface area (Å²) in [5.74, 6) is -2.55. The quantitative estimate of drug-likeness (QED) is 0.225. The fraction of sp³-hybridized carbons (Fsp3) is 0.800. The Hall–Kier alpha value is -1.96. The van der Waals surface area contributed by atoms with Gasteiger partial charge in [0.25, 0.3) is 0 Å². The molecule has 0 aromatic heterocycles. The van der Waals surface area contributed by atoms with Crippen LogP contribution in [-0.2, 0) is 14.4 Å². The predicted octanol–water partition coefficient (Wildman–Crippen LogP) is 1.56. The number of Topliss-reactive ketones (excluding diaryl/α,β-unsaturated/α-hetero) is 2. The fourth-order valence-corrected chi connectivity index (χ4v) is 4.79. The molecule has 0 aliphatic heterocycles. The molecule has 8 heteroatoms. The van der Waals surface area contributed by atoms with Crippen molar-refractivity contribution in [1.29, 1.82) is 5.41 Å². The Kier molecular flexibility index (Phi) is 7.98. The van der Waals surface area contributed by atoms with Gasteiger partial charge in [-0.15, -0.1) is 0 Å². The third kappa shape index (κ3) is 5.31. The summed E-state index contributed by atoms with van der Waals surface area (Å²) in [6, 6.07) is -1.33. The van der Waals surface area contributed by atoms with Gasteiger partial charge in [0, 0.05) is 18.4 Å². The number of nitrogens with one attached hydrogen (secondary N) is 2. The molecule has 0 amide bonds. The molecule has 8 nitrogen and oxygen atoms in total. The number of nitrogens with two attached hydrogens (primary N) is 2. The van der Waals surface area contributed by atoms with Crippen molar-refractivity contribution in [3.8, 4) is 0 Å². The highest BCUT2D eigenvalue weighted by atomic mass is 16.4. The molecular formula is C20H34N4O4. The zero-order chi connectivity index (χ0) is 20.7. The van der Waals surface area contributed by atoms with Gasteiger partial charge >= 0.3 is 5.97 Å². The van der Waals surface area contributed by atoms with E-state index in [1.165, 1.54) is 0 Å². The number of carboxylic acids is 1. The molecular weight excluding hydrogens is 360 g/mol. The molecule has 28 heavy (non-hydrogen) atoms. The van der Waals surface area contributed by atoms with Gasteiger partial charge in [-0.1, -0.05) is 38.5 Å². The summed E-state index contributed by atoms with van der Waals surface area (Å²) < 4.78 is 0. The molecule has 0 aromatic rings. The van der Waals surface area contributed by atoms with E-state index in [1.807, 2.05) is 0 Å². The molecule has 2 saturated carbocycles. The summed E-state index contributed by atoms with van der Waals surface area (Å²) in [5, 5.41) is 19.5. The maximum atomic E-state index is 13.7. The largest absolute Gasteiger partial charge is 0.480 e. The first kappa shape index (κ1) is 22.3. The van der Waals surface area contributed by atoms with Gasteiger partial charge in [0.05, 0.1) is 0 Å². The van der Waals surface area contributed by atoms with Gasteiger partial charge in [-0.2, -0.15) is 0 Å². The minimum absolute atomic E-state index is 0.159. The van der Waals surface area contributed by atoms with E-state index in [0.717, 1.165) is 38.5 Å². The molecule has 0 bridgehead atoms. The Morgan fingerprint density at radius 1 is 0.964 bits per heavy atom. The topological polar surface area (TPSA) is 159 Å². The summed E-state index contributed by atoms with van der Waals surface area (Å²) in [6.45, 7) is -0.159. The van der Waals surface area contributed by atoms with Crippen molar-refractivity contribution in [1.82, 2.24) is 5.32 Å². The van der Waals surface area contributed by atoms with E-state index in [9.17, 15) is 19.5 Å². The molecule has 7 N–H and O–H groups in total. The Balaban J connectivity index is 2.41. The molecule has 0 radical (unpaired) electrons. The molecule has 0 aromatic carbocycles. The van der Waals surface area contributed by atoms with Crippen LogP contribution in [0.3, 0.4) is 0 Å². The summed E-state index contributed by atoms with van der Waals surface area (Å²) in [4.78, 5) is 38.8. The number of rotatable bonds is 9. The monoisotopic (exact) mass is 394 g/mol. The standard InChI is InChI=1S/C20H34N4O4/c21-15(18(27)28)11-20(12-24-19(22)23,16(25)13-7-3-1-4-8-13)17(26)14-9-5-2-6-10-14/h13-15H,1-12,21H2,(H,27,28)(H4,22,23,24)/t15-/m0/s1. The number of guanidine groups is 1. The normalized spacial score (nSPS) is 20.3. The lowest BCUT2D eigenvalue weighted by atomic mass is 9.63. The van der Waals surface area contributed by atoms with Gasteiger partial charge < -0.3 is 21.9 Å². The van der Waals surface area contributed by atoms with Crippen molar-refractivity contribution < 1.29 is 19.5 Å². The highest BCUT2D eigenvalue weighted by Gasteiger charge is 2.51. The number of aliphatic carboxylic acids is 1. The van der Waals surface area contributed by atoms with Crippen molar-refractivity contribution in [2.75, 3.05) is 6.54 Å². The first-order valence-corrected chi connectivity index (χ1v) is 10.4. The van der Waals surface area contributed by atoms with E-state index in [0.29, 0.717) is 25.7 Å². The van der Waals surface area contributed by atoms with E-state index in [2.05, 4.69) is 5.32 Å². The van der Waals surface area contributed by atoms with Crippen LogP contribution in [0.2, 0.25) is 0 Å². The van der Waals surface area contributed by atoms with Crippen LogP contribution < -0.4 is 16.8 Å². The fourth-order valence-electron chi connectivity index (χ4n) is 4.79. The van der Waals surface area contributed by atoms with E-state index in [-0.39, 0.29) is 42.3 Å². The summed E-state index contributed by atoms with van der Waals surface area (Å²) in [5.41, 5.74) is 9.73. The third-order valence-electron chi connectivity index (χ3n) is 6.36. The molecule has 2 aliphatic rings. The molecule has 2 rings (SSSR count). The van der Waals surface area contributed by atoms with Gasteiger partial charge in [0.15, 0.2) is 17.5 Å². The van der Waals surface area contributed by atoms with E-state index in [4.69, 9.17) is 16.9 Å². The van der Waals surface area contributed by atoms with Crippen molar-refractivity contribution in [3.05, 3.63) is 0 Å². The van der Waals surface area contributed by atoms with Crippen molar-refractivity contribution in [2.45, 2.75) is 76.7 Å². The molecule has 2 aliphatic carbocycles. The summed E-state index contributed by atoms with van der Waals surface area (Å²) in [7, 11) is 0. The minimum Gasteiger partial charge on any atom is -0.480 e. The second-order valence-corrected chi connectivity index (χ2v) is 8.40. The van der Waals surface area contributed by atoms with Crippen LogP contribution in [0, 0.1) is 22.7 Å². The van der Waals surface area contributed by atoms with E-state index >= 15 is 0 Å². The van der Waals surface area contributed by atoms with Crippen molar-refractivity contribution in [3.63, 3.8) is 0 Å². The van der Waals surface area contributed by atoms with Crippen LogP contribution in [-0.4, -0.2) is 41.2 Å². The van der Waals surface area contributed by atoms with Crippen LogP contribution in [0.5, 0.6) is 0 Å². The zero-order valence-electron chi connectivity index (χ0n) is 16.5. The van der Waals surface area contributed by atoms with E-state index in [1.54, 1.807) is 0 Å². The molecule has 0 spiro atoms. The molecule has 158 valence electrons. The van der Waals surface area contributed by atoms with Crippen LogP contribution in [0.1, 0.15) is 70.6 Å². The molecule has 1 atom stereocenters. The highest BCUT2D eigenvalue weighted by molar-refractivity contribution is 6.09. The number of carboxylic acid groups (broad SMARTS) is 1. The van der Waals surface area contributed by atoms with Crippen LogP contribution in [0.15, 0.2) is 0 Å². The zero-order valence-corrected chi connectivity index (χ0v) is 16.5. The summed E-state index contributed by atoms with van der Waals surface area (Å²) in [6.07, 6.45) is 8.41. The van der Waals surface area contributed by atoms with Crippen LogP contribution >= 0.6 is 0 Å². The maximum Gasteiger partial charge on any atom is 0.320 e.